The Kier molecular flexibility index (Phi) is 4.95. The molecule has 0 aromatic rings. The van der Waals surface area contributed by atoms with E-state index in [0.717, 1.165) is 0 Å². The summed E-state index contributed by atoms with van der Waals surface area (Å²) in [6.07, 6.45) is 0. The second-order valence-electron chi connectivity index (χ2n) is 1.60. The molecule has 0 atom stereocenters. The zero-order valence-corrected chi connectivity index (χ0v) is 4.71. The Morgan fingerprint density at radius 1 is 1.38 bits per heavy atom. The van der Waals surface area contributed by atoms with Gasteiger partial charge in [-0.15, -0.1) is 0 Å². The van der Waals surface area contributed by atoms with Crippen LogP contribution < -0.4 is 0 Å². The maximum atomic E-state index is 8.39. The van der Waals surface area contributed by atoms with Gasteiger partial charge in [-0.3, -0.25) is 0 Å². The molecule has 0 saturated carbocycles. The molecule has 8 heavy (non-hydrogen) atoms. The third-order valence-corrected chi connectivity index (χ3v) is 0.870. The number of ether oxygens (including phenoxy) is 1. The molecule has 0 unspecified atom stereocenters. The Morgan fingerprint density at radius 2 is 1.88 bits per heavy atom. The third kappa shape index (κ3) is 2.96. The zero-order chi connectivity index (χ0) is 6.41. The van der Waals surface area contributed by atoms with Crippen LogP contribution in [-0.4, -0.2) is 30.0 Å². The topological polar surface area (TPSA) is 49.7 Å². The largest absolute Gasteiger partial charge is 0.396 e. The van der Waals surface area contributed by atoms with E-state index >= 15 is 0 Å². The van der Waals surface area contributed by atoms with Gasteiger partial charge in [0.1, 0.15) is 0 Å². The minimum atomic E-state index is -0.174. The standard InChI is InChI=1S/C5H11O3/c1-8-4-5(2-6)3-7/h5-7H,1-4H2. The highest BCUT2D eigenvalue weighted by Gasteiger charge is 2.02. The van der Waals surface area contributed by atoms with E-state index in [9.17, 15) is 0 Å². The van der Waals surface area contributed by atoms with E-state index < -0.39 is 0 Å². The summed E-state index contributed by atoms with van der Waals surface area (Å²) >= 11 is 0. The van der Waals surface area contributed by atoms with E-state index in [1.165, 1.54) is 0 Å². The summed E-state index contributed by atoms with van der Waals surface area (Å²) in [6.45, 7) is 0.213. The maximum Gasteiger partial charge on any atom is 0.0700 e. The van der Waals surface area contributed by atoms with Crippen LogP contribution in [0.5, 0.6) is 0 Å². The Labute approximate surface area is 48.9 Å². The van der Waals surface area contributed by atoms with E-state index in [2.05, 4.69) is 11.8 Å². The Morgan fingerprint density at radius 3 is 2.00 bits per heavy atom. The first kappa shape index (κ1) is 7.88. The fourth-order valence-electron chi connectivity index (χ4n) is 0.330. The van der Waals surface area contributed by atoms with Crippen LogP contribution in [0.4, 0.5) is 0 Å². The van der Waals surface area contributed by atoms with Gasteiger partial charge in [-0.2, -0.15) is 0 Å². The van der Waals surface area contributed by atoms with Crippen LogP contribution in [0.25, 0.3) is 0 Å². The van der Waals surface area contributed by atoms with Crippen LogP contribution >= 0.6 is 0 Å². The number of rotatable bonds is 4. The molecule has 0 heterocycles. The third-order valence-electron chi connectivity index (χ3n) is 0.870. The predicted molar refractivity (Wildman–Crippen MR) is 29.0 cm³/mol. The molecule has 0 saturated heterocycles. The van der Waals surface area contributed by atoms with Gasteiger partial charge in [-0.05, 0) is 0 Å². The average Bonchev–Trinajstić information content (AvgIpc) is 1.83. The fraction of sp³-hybridized carbons (Fsp3) is 0.800. The molecular formula is C5H11O3. The van der Waals surface area contributed by atoms with Crippen molar-refractivity contribution in [3.05, 3.63) is 7.11 Å². The van der Waals surface area contributed by atoms with Gasteiger partial charge in [0.05, 0.1) is 26.9 Å². The van der Waals surface area contributed by atoms with Gasteiger partial charge in [0, 0.05) is 5.92 Å². The zero-order valence-electron chi connectivity index (χ0n) is 4.71. The molecule has 0 aliphatic heterocycles. The van der Waals surface area contributed by atoms with Crippen molar-refractivity contribution < 1.29 is 14.9 Å². The summed E-state index contributed by atoms with van der Waals surface area (Å²) in [4.78, 5) is 0. The quantitative estimate of drug-likeness (QED) is 0.519. The Bertz CT molecular complexity index is 42.9. The van der Waals surface area contributed by atoms with Crippen LogP contribution in [-0.2, 0) is 4.74 Å². The number of aliphatic hydroxyl groups is 2. The number of hydrogen-bond acceptors (Lipinski definition) is 3. The molecule has 49 valence electrons. The first-order valence-electron chi connectivity index (χ1n) is 2.43. The lowest BCUT2D eigenvalue weighted by atomic mass is 10.2. The SMILES string of the molecule is [CH2]OCC(CO)CO. The summed E-state index contributed by atoms with van der Waals surface area (Å²) in [5, 5.41) is 16.8. The summed E-state index contributed by atoms with van der Waals surface area (Å²) in [5.41, 5.74) is 0. The van der Waals surface area contributed by atoms with Gasteiger partial charge in [-0.1, -0.05) is 0 Å². The van der Waals surface area contributed by atoms with Gasteiger partial charge < -0.3 is 14.9 Å². The van der Waals surface area contributed by atoms with Crippen molar-refractivity contribution in [3.63, 3.8) is 0 Å². The summed E-state index contributed by atoms with van der Waals surface area (Å²) < 4.78 is 4.42. The average molecular weight is 119 g/mol. The van der Waals surface area contributed by atoms with Gasteiger partial charge in [0.2, 0.25) is 0 Å². The van der Waals surface area contributed by atoms with Crippen molar-refractivity contribution in [2.45, 2.75) is 0 Å². The normalized spacial score (nSPS) is 10.5. The molecule has 0 rings (SSSR count). The molecule has 0 fully saturated rings. The van der Waals surface area contributed by atoms with E-state index in [1.54, 1.807) is 0 Å². The summed E-state index contributed by atoms with van der Waals surface area (Å²) in [5.74, 6) is -0.174. The number of aliphatic hydroxyl groups excluding tert-OH is 2. The van der Waals surface area contributed by atoms with E-state index in [4.69, 9.17) is 10.2 Å². The highest BCUT2D eigenvalue weighted by Crippen LogP contribution is 1.91. The fourth-order valence-corrected chi connectivity index (χ4v) is 0.330. The molecule has 1 radical (unpaired) electrons. The molecule has 0 aliphatic rings. The summed E-state index contributed by atoms with van der Waals surface area (Å²) in [6, 6.07) is 0. The lowest BCUT2D eigenvalue weighted by Gasteiger charge is -2.06. The summed E-state index contributed by atoms with van der Waals surface area (Å²) in [7, 11) is 3.10. The molecule has 0 aromatic heterocycles. The monoisotopic (exact) mass is 119 g/mol. The van der Waals surface area contributed by atoms with Crippen molar-refractivity contribution in [1.29, 1.82) is 0 Å². The van der Waals surface area contributed by atoms with Crippen LogP contribution in [0, 0.1) is 13.0 Å². The lowest BCUT2D eigenvalue weighted by molar-refractivity contribution is 0.0854. The van der Waals surface area contributed by atoms with Crippen LogP contribution in [0.3, 0.4) is 0 Å². The van der Waals surface area contributed by atoms with E-state index in [0.29, 0.717) is 6.61 Å². The van der Waals surface area contributed by atoms with E-state index in [1.807, 2.05) is 0 Å². The molecule has 3 heteroatoms. The van der Waals surface area contributed by atoms with Gasteiger partial charge in [-0.25, -0.2) is 0 Å². The van der Waals surface area contributed by atoms with Crippen molar-refractivity contribution in [3.8, 4) is 0 Å². The Balaban J connectivity index is 3.07. The van der Waals surface area contributed by atoms with Crippen LogP contribution in [0.1, 0.15) is 0 Å². The maximum absolute atomic E-state index is 8.39. The van der Waals surface area contributed by atoms with Crippen molar-refractivity contribution in [2.75, 3.05) is 19.8 Å². The molecule has 0 bridgehead atoms. The second kappa shape index (κ2) is 5.03. The molecule has 0 aliphatic carbocycles. The lowest BCUT2D eigenvalue weighted by Crippen LogP contribution is -2.16. The van der Waals surface area contributed by atoms with Crippen molar-refractivity contribution in [2.24, 2.45) is 5.92 Å². The van der Waals surface area contributed by atoms with Gasteiger partial charge >= 0.3 is 0 Å². The molecule has 0 spiro atoms. The minimum absolute atomic E-state index is 0.0496. The van der Waals surface area contributed by atoms with E-state index in [-0.39, 0.29) is 19.1 Å². The second-order valence-corrected chi connectivity index (χ2v) is 1.60. The Hall–Kier alpha value is -0.120. The first-order chi connectivity index (χ1) is 3.85. The number of hydrogen-bond donors (Lipinski definition) is 2. The molecule has 0 amide bonds. The molecular weight excluding hydrogens is 108 g/mol. The van der Waals surface area contributed by atoms with Crippen LogP contribution in [0.2, 0.25) is 0 Å². The van der Waals surface area contributed by atoms with Gasteiger partial charge in [0.25, 0.3) is 0 Å². The molecule has 0 aromatic carbocycles. The van der Waals surface area contributed by atoms with Crippen molar-refractivity contribution in [1.82, 2.24) is 0 Å². The van der Waals surface area contributed by atoms with Crippen LogP contribution in [0.15, 0.2) is 0 Å². The molecule has 3 nitrogen and oxygen atoms in total. The van der Waals surface area contributed by atoms with Crippen molar-refractivity contribution >= 4 is 0 Å². The highest BCUT2D eigenvalue weighted by molar-refractivity contribution is 4.51. The minimum Gasteiger partial charge on any atom is -0.396 e. The predicted octanol–water partition coefficient (Wildman–Crippen LogP) is -0.605. The smallest absolute Gasteiger partial charge is 0.0700 e. The van der Waals surface area contributed by atoms with Gasteiger partial charge in [0.15, 0.2) is 0 Å². The molecule has 2 N–H and O–H groups in total. The first-order valence-corrected chi connectivity index (χ1v) is 2.43. The highest BCUT2D eigenvalue weighted by atomic mass is 16.5.